The van der Waals surface area contributed by atoms with Gasteiger partial charge in [0.15, 0.2) is 0 Å². The van der Waals surface area contributed by atoms with Crippen molar-refractivity contribution in [3.05, 3.63) is 21.9 Å². The summed E-state index contributed by atoms with van der Waals surface area (Å²) < 4.78 is 0. The lowest BCUT2D eigenvalue weighted by atomic mass is 9.89. The third-order valence-electron chi connectivity index (χ3n) is 3.67. The van der Waals surface area contributed by atoms with E-state index in [-0.39, 0.29) is 6.61 Å². The Hall–Kier alpha value is -0.820. The number of thiophene rings is 1. The fourth-order valence-electron chi connectivity index (χ4n) is 2.80. The maximum Gasteiger partial charge on any atom is 0.104 e. The van der Waals surface area contributed by atoms with Crippen LogP contribution in [0.2, 0.25) is 0 Å². The van der Waals surface area contributed by atoms with Crippen LogP contribution >= 0.6 is 11.3 Å². The molecule has 3 heteroatoms. The Balaban J connectivity index is 1.80. The van der Waals surface area contributed by atoms with Gasteiger partial charge in [-0.2, -0.15) is 0 Å². The van der Waals surface area contributed by atoms with Gasteiger partial charge in [0.1, 0.15) is 6.61 Å². The van der Waals surface area contributed by atoms with E-state index >= 15 is 0 Å². The zero-order chi connectivity index (χ0) is 13.5. The van der Waals surface area contributed by atoms with E-state index in [0.717, 1.165) is 17.3 Å². The monoisotopic (exact) mass is 277 g/mol. The van der Waals surface area contributed by atoms with Gasteiger partial charge >= 0.3 is 0 Å². The maximum absolute atomic E-state index is 8.68. The molecule has 2 nitrogen and oxygen atoms in total. The first-order chi connectivity index (χ1) is 9.28. The van der Waals surface area contributed by atoms with Crippen molar-refractivity contribution in [2.75, 3.05) is 20.2 Å². The lowest BCUT2D eigenvalue weighted by Gasteiger charge is -2.26. The fourth-order valence-corrected chi connectivity index (χ4v) is 3.76. The Bertz CT molecular complexity index is 437. The molecule has 1 fully saturated rings. The van der Waals surface area contributed by atoms with Crippen molar-refractivity contribution in [2.24, 2.45) is 5.92 Å². The molecule has 0 aromatic carbocycles. The minimum atomic E-state index is -0.0607. The molecule has 2 rings (SSSR count). The van der Waals surface area contributed by atoms with Crippen molar-refractivity contribution in [2.45, 2.75) is 38.6 Å². The Labute approximate surface area is 120 Å². The average Bonchev–Trinajstić information content (AvgIpc) is 2.85. The van der Waals surface area contributed by atoms with Crippen LogP contribution in [0.4, 0.5) is 0 Å². The SMILES string of the molecule is CN(Cc1ccc(C#CCO)s1)CC1CCCCC1. The van der Waals surface area contributed by atoms with Crippen LogP contribution < -0.4 is 0 Å². The summed E-state index contributed by atoms with van der Waals surface area (Å²) in [6, 6.07) is 4.21. The summed E-state index contributed by atoms with van der Waals surface area (Å²) in [5.74, 6) is 6.56. The maximum atomic E-state index is 8.68. The van der Waals surface area contributed by atoms with Gasteiger partial charge in [-0.05, 0) is 37.9 Å². The van der Waals surface area contributed by atoms with Crippen LogP contribution in [0.5, 0.6) is 0 Å². The van der Waals surface area contributed by atoms with Gasteiger partial charge in [-0.25, -0.2) is 0 Å². The molecule has 0 radical (unpaired) electrons. The molecule has 1 aliphatic rings. The van der Waals surface area contributed by atoms with Gasteiger partial charge in [-0.1, -0.05) is 31.1 Å². The van der Waals surface area contributed by atoms with Crippen LogP contribution in [0.15, 0.2) is 12.1 Å². The highest BCUT2D eigenvalue weighted by Gasteiger charge is 2.15. The van der Waals surface area contributed by atoms with Gasteiger partial charge in [0.2, 0.25) is 0 Å². The van der Waals surface area contributed by atoms with Gasteiger partial charge < -0.3 is 10.0 Å². The van der Waals surface area contributed by atoms with E-state index in [1.165, 1.54) is 43.5 Å². The van der Waals surface area contributed by atoms with Crippen LogP contribution in [-0.2, 0) is 6.54 Å². The van der Waals surface area contributed by atoms with Crippen molar-refractivity contribution < 1.29 is 5.11 Å². The van der Waals surface area contributed by atoms with Crippen molar-refractivity contribution in [1.29, 1.82) is 0 Å². The lowest BCUT2D eigenvalue weighted by molar-refractivity contribution is 0.229. The second-order valence-electron chi connectivity index (χ2n) is 5.43. The predicted molar refractivity (Wildman–Crippen MR) is 81.2 cm³/mol. The Kier molecular flexibility index (Phi) is 5.91. The predicted octanol–water partition coefficient (Wildman–Crippen LogP) is 3.10. The molecule has 0 bridgehead atoms. The van der Waals surface area contributed by atoms with Crippen LogP contribution in [0.25, 0.3) is 0 Å². The molecular formula is C16H23NOS. The number of hydrogen-bond donors (Lipinski definition) is 1. The standard InChI is InChI=1S/C16H23NOS/c1-17(12-14-6-3-2-4-7-14)13-16-10-9-15(19-16)8-5-11-18/h9-10,14,18H,2-4,6-7,11-13H2,1H3. The number of rotatable bonds is 4. The first-order valence-electron chi connectivity index (χ1n) is 7.15. The van der Waals surface area contributed by atoms with Crippen molar-refractivity contribution >= 4 is 11.3 Å². The molecule has 19 heavy (non-hydrogen) atoms. The second kappa shape index (κ2) is 7.69. The third-order valence-corrected chi connectivity index (χ3v) is 4.66. The molecule has 1 N–H and O–H groups in total. The molecule has 0 saturated heterocycles. The highest BCUT2D eigenvalue weighted by atomic mass is 32.1. The van der Waals surface area contributed by atoms with E-state index in [2.05, 4.69) is 35.9 Å². The molecule has 1 aliphatic carbocycles. The minimum Gasteiger partial charge on any atom is -0.384 e. The fraction of sp³-hybridized carbons (Fsp3) is 0.625. The molecule has 0 unspecified atom stereocenters. The average molecular weight is 277 g/mol. The molecule has 1 saturated carbocycles. The third kappa shape index (κ3) is 4.99. The topological polar surface area (TPSA) is 23.5 Å². The van der Waals surface area contributed by atoms with Gasteiger partial charge in [0, 0.05) is 18.0 Å². The van der Waals surface area contributed by atoms with E-state index in [1.807, 2.05) is 0 Å². The zero-order valence-electron chi connectivity index (χ0n) is 11.7. The molecule has 0 atom stereocenters. The molecule has 0 amide bonds. The molecule has 0 spiro atoms. The van der Waals surface area contributed by atoms with Gasteiger partial charge in [-0.3, -0.25) is 0 Å². The number of nitrogens with zero attached hydrogens (tertiary/aromatic N) is 1. The summed E-state index contributed by atoms with van der Waals surface area (Å²) >= 11 is 1.74. The molecule has 1 heterocycles. The highest BCUT2D eigenvalue weighted by molar-refractivity contribution is 7.12. The number of aliphatic hydroxyl groups is 1. The first-order valence-corrected chi connectivity index (χ1v) is 7.96. The quantitative estimate of drug-likeness (QED) is 0.855. The van der Waals surface area contributed by atoms with Crippen molar-refractivity contribution in [1.82, 2.24) is 4.90 Å². The highest BCUT2D eigenvalue weighted by Crippen LogP contribution is 2.25. The lowest BCUT2D eigenvalue weighted by Crippen LogP contribution is -2.26. The Morgan fingerprint density at radius 3 is 2.84 bits per heavy atom. The largest absolute Gasteiger partial charge is 0.384 e. The van der Waals surface area contributed by atoms with E-state index in [0.29, 0.717) is 0 Å². The summed E-state index contributed by atoms with van der Waals surface area (Å²) in [6.45, 7) is 2.17. The smallest absolute Gasteiger partial charge is 0.104 e. The Morgan fingerprint density at radius 1 is 1.32 bits per heavy atom. The zero-order valence-corrected chi connectivity index (χ0v) is 12.5. The van der Waals surface area contributed by atoms with E-state index in [4.69, 9.17) is 5.11 Å². The summed E-state index contributed by atoms with van der Waals surface area (Å²) in [6.07, 6.45) is 7.07. The van der Waals surface area contributed by atoms with Crippen LogP contribution in [0, 0.1) is 17.8 Å². The number of hydrogen-bond acceptors (Lipinski definition) is 3. The van der Waals surface area contributed by atoms with Crippen LogP contribution in [0.1, 0.15) is 41.9 Å². The second-order valence-corrected chi connectivity index (χ2v) is 6.59. The first kappa shape index (κ1) is 14.6. The summed E-state index contributed by atoms with van der Waals surface area (Å²) in [4.78, 5) is 4.85. The van der Waals surface area contributed by atoms with Gasteiger partial charge in [-0.15, -0.1) is 11.3 Å². The summed E-state index contributed by atoms with van der Waals surface area (Å²) in [5, 5.41) is 8.68. The van der Waals surface area contributed by atoms with E-state index < -0.39 is 0 Å². The molecule has 104 valence electrons. The Morgan fingerprint density at radius 2 is 2.11 bits per heavy atom. The molecule has 1 aromatic heterocycles. The molecule has 0 aliphatic heterocycles. The minimum absolute atomic E-state index is 0.0607. The van der Waals surface area contributed by atoms with Gasteiger partial charge in [0.05, 0.1) is 4.88 Å². The normalized spacial score (nSPS) is 16.4. The van der Waals surface area contributed by atoms with Crippen molar-refractivity contribution in [3.8, 4) is 11.8 Å². The van der Waals surface area contributed by atoms with E-state index in [1.54, 1.807) is 11.3 Å². The summed E-state index contributed by atoms with van der Waals surface area (Å²) in [7, 11) is 2.22. The van der Waals surface area contributed by atoms with Crippen LogP contribution in [-0.4, -0.2) is 30.2 Å². The number of aliphatic hydroxyl groups excluding tert-OH is 1. The van der Waals surface area contributed by atoms with Crippen LogP contribution in [0.3, 0.4) is 0 Å². The summed E-state index contributed by atoms with van der Waals surface area (Å²) in [5.41, 5.74) is 0. The van der Waals surface area contributed by atoms with Crippen molar-refractivity contribution in [3.63, 3.8) is 0 Å². The van der Waals surface area contributed by atoms with Gasteiger partial charge in [0.25, 0.3) is 0 Å². The molecular weight excluding hydrogens is 254 g/mol. The van der Waals surface area contributed by atoms with E-state index in [9.17, 15) is 0 Å². The molecule has 1 aromatic rings.